The second-order valence-electron chi connectivity index (χ2n) is 11.4. The van der Waals surface area contributed by atoms with Crippen LogP contribution in [0.2, 0.25) is 0 Å². The van der Waals surface area contributed by atoms with Crippen molar-refractivity contribution in [2.24, 2.45) is 0 Å². The molecule has 18 heteroatoms. The van der Waals surface area contributed by atoms with Gasteiger partial charge in [-0.05, 0) is 54.7 Å². The number of benzene rings is 2. The molecule has 0 amide bonds. The molecule has 6 N–H and O–H groups in total. The predicted octanol–water partition coefficient (Wildman–Crippen LogP) is 0.788. The first kappa shape index (κ1) is 44.6. The first-order valence-electron chi connectivity index (χ1n) is 15.6. The third-order valence-electron chi connectivity index (χ3n) is 7.37. The zero-order chi connectivity index (χ0) is 37.2. The van der Waals surface area contributed by atoms with E-state index >= 15 is 0 Å². The quantitative estimate of drug-likeness (QED) is 0.0715. The molecule has 0 fully saturated rings. The number of carboxylic acid groups (broad SMARTS) is 6. The van der Waals surface area contributed by atoms with Gasteiger partial charge >= 0.3 is 35.8 Å². The van der Waals surface area contributed by atoms with E-state index in [9.17, 15) is 54.3 Å². The van der Waals surface area contributed by atoms with E-state index in [4.69, 9.17) is 14.6 Å². The van der Waals surface area contributed by atoms with Gasteiger partial charge in [-0.2, -0.15) is 0 Å². The summed E-state index contributed by atoms with van der Waals surface area (Å²) in [4.78, 5) is 74.1. The normalized spacial score (nSPS) is 12.2. The Morgan fingerprint density at radius 2 is 1.08 bits per heavy atom. The van der Waals surface area contributed by atoms with Crippen LogP contribution in [0.25, 0.3) is 0 Å². The Labute approximate surface area is 312 Å². The van der Waals surface area contributed by atoms with Crippen LogP contribution < -0.4 is 9.47 Å². The topological polar surface area (TPSA) is 252 Å². The standard InChI is InChI=1S/C33H43N3O14.Hf/c1-2-13-49-25-7-3-22(4-8-25)14-24(36(19-30(41)42)20-31(43)44)16-35(12-11-34(17-28(37)38)18-29(39)40)27(33(47)48)15-23-5-9-26(10-6-23)50-21-32(45)46;/h3-10,24,27H,2,11-21H2,1H3,(H,37,38)(H,39,40)(H,41,42)(H,43,44)(H,45,46)(H,47,48);. The molecule has 2 aromatic carbocycles. The monoisotopic (exact) mass is 885 g/mol. The Bertz CT molecular complexity index is 1410. The second kappa shape index (κ2) is 23.2. The van der Waals surface area contributed by atoms with Gasteiger partial charge < -0.3 is 40.1 Å². The van der Waals surface area contributed by atoms with Gasteiger partial charge in [0, 0.05) is 51.5 Å². The maximum atomic E-state index is 12.8. The van der Waals surface area contributed by atoms with Crippen LogP contribution in [0, 0.1) is 0 Å². The molecule has 0 aliphatic heterocycles. The van der Waals surface area contributed by atoms with Crippen molar-refractivity contribution in [3.63, 3.8) is 0 Å². The molecule has 0 bridgehead atoms. The molecule has 278 valence electrons. The van der Waals surface area contributed by atoms with Crippen molar-refractivity contribution in [3.05, 3.63) is 59.7 Å². The van der Waals surface area contributed by atoms with Gasteiger partial charge in [-0.15, -0.1) is 0 Å². The molecule has 0 aliphatic rings. The molecule has 0 saturated heterocycles. The maximum absolute atomic E-state index is 12.8. The third kappa shape index (κ3) is 17.9. The van der Waals surface area contributed by atoms with E-state index in [0.29, 0.717) is 23.5 Å². The molecule has 2 unspecified atom stereocenters. The minimum absolute atomic E-state index is 0. The molecule has 0 saturated carbocycles. The fourth-order valence-corrected chi connectivity index (χ4v) is 5.16. The van der Waals surface area contributed by atoms with Crippen LogP contribution in [0.5, 0.6) is 11.5 Å². The van der Waals surface area contributed by atoms with E-state index in [1.54, 1.807) is 24.3 Å². The fraction of sp³-hybridized carbons (Fsp3) is 0.455. The number of aliphatic carboxylic acids is 6. The summed E-state index contributed by atoms with van der Waals surface area (Å²) in [6.07, 6.45) is 0.726. The van der Waals surface area contributed by atoms with Crippen molar-refractivity contribution in [2.75, 3.05) is 59.0 Å². The van der Waals surface area contributed by atoms with Crippen LogP contribution in [0.1, 0.15) is 24.5 Å². The Hall–Kier alpha value is -4.39. The number of nitrogens with zero attached hydrogens (tertiary/aromatic N) is 3. The van der Waals surface area contributed by atoms with Crippen LogP contribution >= 0.6 is 0 Å². The van der Waals surface area contributed by atoms with E-state index in [2.05, 4.69) is 0 Å². The van der Waals surface area contributed by atoms with E-state index in [-0.39, 0.29) is 64.1 Å². The zero-order valence-electron chi connectivity index (χ0n) is 28.0. The summed E-state index contributed by atoms with van der Waals surface area (Å²) in [5.41, 5.74) is 1.16. The number of rotatable bonds is 26. The third-order valence-corrected chi connectivity index (χ3v) is 7.37. The summed E-state index contributed by atoms with van der Waals surface area (Å²) in [5, 5.41) is 57.4. The molecule has 2 rings (SSSR count). The van der Waals surface area contributed by atoms with Crippen LogP contribution in [0.4, 0.5) is 0 Å². The molecule has 0 radical (unpaired) electrons. The van der Waals surface area contributed by atoms with Gasteiger partial charge in [0.25, 0.3) is 0 Å². The molecule has 2 aromatic rings. The van der Waals surface area contributed by atoms with Crippen LogP contribution in [-0.2, 0) is 67.5 Å². The van der Waals surface area contributed by atoms with E-state index in [1.165, 1.54) is 34.1 Å². The zero-order valence-corrected chi connectivity index (χ0v) is 31.6. The number of hydrogen-bond donors (Lipinski definition) is 6. The Morgan fingerprint density at radius 3 is 1.51 bits per heavy atom. The second-order valence-corrected chi connectivity index (χ2v) is 11.4. The van der Waals surface area contributed by atoms with Crippen LogP contribution in [-0.4, -0.2) is 152 Å². The molecule has 2 atom stereocenters. The van der Waals surface area contributed by atoms with Crippen molar-refractivity contribution in [1.82, 2.24) is 14.7 Å². The summed E-state index contributed by atoms with van der Waals surface area (Å²) in [6.45, 7) is -1.47. The van der Waals surface area contributed by atoms with Gasteiger partial charge in [-0.25, -0.2) is 4.79 Å². The molecule has 0 aliphatic carbocycles. The summed E-state index contributed by atoms with van der Waals surface area (Å²) in [6, 6.07) is 10.6. The van der Waals surface area contributed by atoms with E-state index in [1.807, 2.05) is 6.92 Å². The maximum Gasteiger partial charge on any atom is 0.341 e. The molecule has 51 heavy (non-hydrogen) atoms. The summed E-state index contributed by atoms with van der Waals surface area (Å²) >= 11 is 0. The Balaban J connectivity index is 0.0000130. The Morgan fingerprint density at radius 1 is 0.608 bits per heavy atom. The SMILES string of the molecule is CCCOc1ccc(CC(CN(CCN(CC(=O)O)CC(=O)O)C(Cc2ccc(OCC(=O)O)cc2)C(=O)O)N(CC(=O)O)CC(=O)O)cc1.[Hf]. The minimum Gasteiger partial charge on any atom is -0.494 e. The largest absolute Gasteiger partial charge is 0.494 e. The minimum atomic E-state index is -1.33. The summed E-state index contributed by atoms with van der Waals surface area (Å²) < 4.78 is 10.8. The fourth-order valence-electron chi connectivity index (χ4n) is 5.16. The number of carbonyl (C=O) groups is 6. The van der Waals surface area contributed by atoms with Crippen LogP contribution in [0.3, 0.4) is 0 Å². The number of carboxylic acids is 6. The first-order chi connectivity index (χ1) is 23.7. The van der Waals surface area contributed by atoms with E-state index < -0.39 is 80.7 Å². The first-order valence-corrected chi connectivity index (χ1v) is 15.6. The average molecular weight is 884 g/mol. The van der Waals surface area contributed by atoms with Gasteiger partial charge in [0.1, 0.15) is 17.5 Å². The van der Waals surface area contributed by atoms with Gasteiger partial charge in [0.05, 0.1) is 32.8 Å². The van der Waals surface area contributed by atoms with Crippen molar-refractivity contribution < 1.29 is 94.7 Å². The Kier molecular flexibility index (Phi) is 20.3. The van der Waals surface area contributed by atoms with Gasteiger partial charge in [-0.3, -0.25) is 38.7 Å². The summed E-state index contributed by atoms with van der Waals surface area (Å²) in [7, 11) is 0. The van der Waals surface area contributed by atoms with Crippen molar-refractivity contribution in [1.29, 1.82) is 0 Å². The summed E-state index contributed by atoms with van der Waals surface area (Å²) in [5.74, 6) is -6.94. The molecular formula is C33H43HfN3O14. The van der Waals surface area contributed by atoms with Crippen molar-refractivity contribution in [2.45, 2.75) is 38.3 Å². The van der Waals surface area contributed by atoms with Crippen LogP contribution in [0.15, 0.2) is 48.5 Å². The van der Waals surface area contributed by atoms with Crippen molar-refractivity contribution in [3.8, 4) is 11.5 Å². The molecule has 0 aromatic heterocycles. The molecule has 17 nitrogen and oxygen atoms in total. The molecular weight excluding hydrogens is 841 g/mol. The van der Waals surface area contributed by atoms with E-state index in [0.717, 1.165) is 11.3 Å². The number of ether oxygens (including phenoxy) is 2. The van der Waals surface area contributed by atoms with Crippen molar-refractivity contribution >= 4 is 35.8 Å². The molecule has 0 spiro atoms. The van der Waals surface area contributed by atoms with Gasteiger partial charge in [0.15, 0.2) is 6.61 Å². The van der Waals surface area contributed by atoms with Gasteiger partial charge in [0.2, 0.25) is 0 Å². The molecule has 0 heterocycles. The smallest absolute Gasteiger partial charge is 0.341 e. The predicted molar refractivity (Wildman–Crippen MR) is 175 cm³/mol. The van der Waals surface area contributed by atoms with Gasteiger partial charge in [-0.1, -0.05) is 31.2 Å². The average Bonchev–Trinajstić information content (AvgIpc) is 3.02. The number of hydrogen-bond acceptors (Lipinski definition) is 11.